The van der Waals surface area contributed by atoms with Crippen LogP contribution in [0.5, 0.6) is 0 Å². The fourth-order valence-corrected chi connectivity index (χ4v) is 2.13. The number of aliphatic hydroxyl groups is 1. The van der Waals surface area contributed by atoms with E-state index < -0.39 is 11.9 Å². The van der Waals surface area contributed by atoms with Crippen LogP contribution >= 0.6 is 50.7 Å². The molecule has 1 aromatic carbocycles. The van der Waals surface area contributed by atoms with Crippen molar-refractivity contribution in [2.24, 2.45) is 0 Å². The summed E-state index contributed by atoms with van der Waals surface area (Å²) >= 11 is 19.9. The van der Waals surface area contributed by atoms with Gasteiger partial charge < -0.3 is 10.4 Å². The molecule has 0 amide bonds. The Bertz CT molecular complexity index is 392. The molecular formula is C9H8BrCl3FNO. The Morgan fingerprint density at radius 3 is 2.69 bits per heavy atom. The molecule has 0 radical (unpaired) electrons. The van der Waals surface area contributed by atoms with E-state index in [2.05, 4.69) is 21.2 Å². The number of nitrogens with one attached hydrogen (secondary N) is 1. The molecule has 2 N–H and O–H groups in total. The van der Waals surface area contributed by atoms with E-state index in [1.54, 1.807) is 0 Å². The molecule has 0 heterocycles. The fraction of sp³-hybridized carbons (Fsp3) is 0.333. The van der Waals surface area contributed by atoms with Gasteiger partial charge in [0.15, 0.2) is 5.82 Å². The van der Waals surface area contributed by atoms with Gasteiger partial charge in [-0.3, -0.25) is 0 Å². The SMILES string of the molecule is OC(CCl)CNc1c(Br)cc(Cl)c(Cl)c1F. The van der Waals surface area contributed by atoms with Crippen LogP contribution in [0.15, 0.2) is 10.5 Å². The van der Waals surface area contributed by atoms with Gasteiger partial charge in [-0.2, -0.15) is 0 Å². The van der Waals surface area contributed by atoms with Gasteiger partial charge in [0.1, 0.15) is 0 Å². The molecule has 1 unspecified atom stereocenters. The van der Waals surface area contributed by atoms with Crippen LogP contribution in [0.3, 0.4) is 0 Å². The third-order valence-electron chi connectivity index (χ3n) is 1.81. The van der Waals surface area contributed by atoms with Gasteiger partial charge in [0.25, 0.3) is 0 Å². The first-order valence-electron chi connectivity index (χ1n) is 4.28. The second kappa shape index (κ2) is 6.26. The Balaban J connectivity index is 2.92. The number of rotatable bonds is 4. The van der Waals surface area contributed by atoms with E-state index in [4.69, 9.17) is 34.8 Å². The predicted molar refractivity (Wildman–Crippen MR) is 69.3 cm³/mol. The Morgan fingerprint density at radius 1 is 1.50 bits per heavy atom. The Kier molecular flexibility index (Phi) is 5.61. The van der Waals surface area contributed by atoms with Gasteiger partial charge in [0.2, 0.25) is 0 Å². The zero-order valence-electron chi connectivity index (χ0n) is 7.91. The van der Waals surface area contributed by atoms with Crippen LogP contribution in [0.25, 0.3) is 0 Å². The summed E-state index contributed by atoms with van der Waals surface area (Å²) in [5.74, 6) is -0.601. The van der Waals surface area contributed by atoms with Gasteiger partial charge >= 0.3 is 0 Å². The maximum Gasteiger partial charge on any atom is 0.167 e. The Labute approximate surface area is 116 Å². The summed E-state index contributed by atoms with van der Waals surface area (Å²) in [6.45, 7) is 0.122. The second-order valence-corrected chi connectivity index (χ2v) is 4.98. The Hall–Kier alpha value is 0.260. The van der Waals surface area contributed by atoms with Gasteiger partial charge in [-0.05, 0) is 22.0 Å². The lowest BCUT2D eigenvalue weighted by Gasteiger charge is -2.13. The van der Waals surface area contributed by atoms with Crippen LogP contribution in [0, 0.1) is 5.82 Å². The normalized spacial score (nSPS) is 12.6. The third kappa shape index (κ3) is 3.37. The maximum absolute atomic E-state index is 13.7. The zero-order valence-corrected chi connectivity index (χ0v) is 11.8. The minimum atomic E-state index is -0.762. The minimum absolute atomic E-state index is 0.0631. The second-order valence-electron chi connectivity index (χ2n) is 3.03. The number of anilines is 1. The van der Waals surface area contributed by atoms with Crippen LogP contribution in [0.4, 0.5) is 10.1 Å². The standard InChI is InChI=1S/C9H8BrCl3FNO/c10-5-1-6(12)7(13)8(14)9(5)15-3-4(16)2-11/h1,4,15-16H,2-3H2. The van der Waals surface area contributed by atoms with Crippen molar-refractivity contribution < 1.29 is 9.50 Å². The zero-order chi connectivity index (χ0) is 12.3. The van der Waals surface area contributed by atoms with Crippen molar-refractivity contribution in [3.05, 3.63) is 26.4 Å². The van der Waals surface area contributed by atoms with Crippen molar-refractivity contribution in [2.75, 3.05) is 17.7 Å². The average molecular weight is 351 g/mol. The first kappa shape index (κ1) is 14.3. The molecule has 90 valence electrons. The summed E-state index contributed by atoms with van der Waals surface area (Å²) in [5, 5.41) is 11.9. The Morgan fingerprint density at radius 2 is 2.12 bits per heavy atom. The maximum atomic E-state index is 13.7. The lowest BCUT2D eigenvalue weighted by molar-refractivity contribution is 0.211. The van der Waals surface area contributed by atoms with E-state index in [0.29, 0.717) is 4.47 Å². The van der Waals surface area contributed by atoms with E-state index in [1.165, 1.54) is 6.07 Å². The van der Waals surface area contributed by atoms with Gasteiger partial charge in [0.05, 0.1) is 27.7 Å². The van der Waals surface area contributed by atoms with Gasteiger partial charge in [-0.15, -0.1) is 11.6 Å². The molecule has 0 aromatic heterocycles. The summed E-state index contributed by atoms with van der Waals surface area (Å²) in [6.07, 6.45) is -0.762. The smallest absolute Gasteiger partial charge is 0.167 e. The highest BCUT2D eigenvalue weighted by molar-refractivity contribution is 9.10. The summed E-state index contributed by atoms with van der Waals surface area (Å²) in [5.41, 5.74) is 0.151. The quantitative estimate of drug-likeness (QED) is 0.490. The van der Waals surface area contributed by atoms with Crippen LogP contribution in [0.2, 0.25) is 10.0 Å². The molecule has 1 rings (SSSR count). The summed E-state index contributed by atoms with van der Waals surface area (Å²) in [6, 6.07) is 1.47. The summed E-state index contributed by atoms with van der Waals surface area (Å²) in [4.78, 5) is 0. The number of benzene rings is 1. The van der Waals surface area contributed by atoms with Crippen LogP contribution in [0.1, 0.15) is 0 Å². The molecule has 0 aliphatic heterocycles. The molecule has 0 saturated heterocycles. The number of alkyl halides is 1. The number of aliphatic hydroxyl groups excluding tert-OH is 1. The van der Waals surface area contributed by atoms with Gasteiger partial charge in [0, 0.05) is 11.0 Å². The molecule has 1 atom stereocenters. The topological polar surface area (TPSA) is 32.3 Å². The molecule has 0 aliphatic carbocycles. The third-order valence-corrected chi connectivity index (χ3v) is 3.55. The lowest BCUT2D eigenvalue weighted by Crippen LogP contribution is -2.21. The number of halogens is 5. The van der Waals surface area contributed by atoms with Crippen molar-refractivity contribution in [3.8, 4) is 0 Å². The van der Waals surface area contributed by atoms with Crippen molar-refractivity contribution in [1.29, 1.82) is 0 Å². The van der Waals surface area contributed by atoms with Crippen LogP contribution < -0.4 is 5.32 Å². The molecule has 0 saturated carbocycles. The van der Waals surface area contributed by atoms with E-state index >= 15 is 0 Å². The molecule has 0 spiro atoms. The highest BCUT2D eigenvalue weighted by Crippen LogP contribution is 2.36. The number of hydrogen-bond donors (Lipinski definition) is 2. The fourth-order valence-electron chi connectivity index (χ4n) is 1.00. The van der Waals surface area contributed by atoms with E-state index in [0.717, 1.165) is 0 Å². The monoisotopic (exact) mass is 349 g/mol. The predicted octanol–water partition coefficient (Wildman–Crippen LogP) is 3.91. The molecular weight excluding hydrogens is 343 g/mol. The van der Waals surface area contributed by atoms with Crippen LogP contribution in [-0.2, 0) is 0 Å². The number of hydrogen-bond acceptors (Lipinski definition) is 2. The molecule has 16 heavy (non-hydrogen) atoms. The minimum Gasteiger partial charge on any atom is -0.390 e. The average Bonchev–Trinajstić information content (AvgIpc) is 2.25. The highest BCUT2D eigenvalue weighted by Gasteiger charge is 2.15. The van der Waals surface area contributed by atoms with Gasteiger partial charge in [-0.1, -0.05) is 23.2 Å². The lowest BCUT2D eigenvalue weighted by atomic mass is 10.3. The van der Waals surface area contributed by atoms with Crippen molar-refractivity contribution in [1.82, 2.24) is 0 Å². The van der Waals surface area contributed by atoms with E-state index in [9.17, 15) is 9.50 Å². The van der Waals surface area contributed by atoms with Crippen molar-refractivity contribution in [3.63, 3.8) is 0 Å². The molecule has 2 nitrogen and oxygen atoms in total. The molecule has 7 heteroatoms. The van der Waals surface area contributed by atoms with E-state index in [1.807, 2.05) is 0 Å². The largest absolute Gasteiger partial charge is 0.390 e. The van der Waals surface area contributed by atoms with Crippen molar-refractivity contribution in [2.45, 2.75) is 6.10 Å². The highest BCUT2D eigenvalue weighted by atomic mass is 79.9. The molecule has 1 aromatic rings. The first-order chi connectivity index (χ1) is 7.47. The van der Waals surface area contributed by atoms with Gasteiger partial charge in [-0.25, -0.2) is 4.39 Å². The van der Waals surface area contributed by atoms with E-state index in [-0.39, 0.29) is 28.2 Å². The summed E-state index contributed by atoms with van der Waals surface area (Å²) < 4.78 is 14.1. The summed E-state index contributed by atoms with van der Waals surface area (Å²) in [7, 11) is 0. The molecule has 0 aliphatic rings. The molecule has 0 fully saturated rings. The van der Waals surface area contributed by atoms with Crippen molar-refractivity contribution >= 4 is 56.4 Å². The first-order valence-corrected chi connectivity index (χ1v) is 6.36. The molecule has 0 bridgehead atoms. The van der Waals surface area contributed by atoms with Crippen LogP contribution in [-0.4, -0.2) is 23.6 Å².